The van der Waals surface area contributed by atoms with Crippen LogP contribution in [0.2, 0.25) is 0 Å². The third-order valence-corrected chi connectivity index (χ3v) is 5.41. The second kappa shape index (κ2) is 7.04. The lowest BCUT2D eigenvalue weighted by Crippen LogP contribution is -2.50. The minimum absolute atomic E-state index is 0.0634. The molecule has 4 rings (SSSR count). The second-order valence-electron chi connectivity index (χ2n) is 6.94. The number of H-pyrrole nitrogens is 1. The van der Waals surface area contributed by atoms with Gasteiger partial charge in [0.05, 0.1) is 10.3 Å². The highest BCUT2D eigenvalue weighted by atomic mass is 16.6. The normalized spacial score (nSPS) is 20.4. The summed E-state index contributed by atoms with van der Waals surface area (Å²) >= 11 is 0. The minimum Gasteiger partial charge on any atom is -0.465 e. The van der Waals surface area contributed by atoms with E-state index >= 15 is 0 Å². The maximum absolute atomic E-state index is 12.4. The van der Waals surface area contributed by atoms with Crippen molar-refractivity contribution in [3.05, 3.63) is 50.6 Å². The monoisotopic (exact) mass is 385 g/mol. The Kier molecular flexibility index (Phi) is 4.55. The zero-order chi connectivity index (χ0) is 19.8. The number of nitrogens with one attached hydrogen (secondary N) is 1. The zero-order valence-corrected chi connectivity index (χ0v) is 15.0. The molecule has 0 radical (unpaired) electrons. The predicted octanol–water partition coefficient (Wildman–Crippen LogP) is 1.67. The third kappa shape index (κ3) is 3.11. The Morgan fingerprint density at radius 2 is 2.07 bits per heavy atom. The number of hydrogen-bond donors (Lipinski definition) is 2. The Hall–Kier alpha value is -3.27. The molecule has 2 aromatic heterocycles. The van der Waals surface area contributed by atoms with Gasteiger partial charge < -0.3 is 15.0 Å². The number of hydrogen-bond acceptors (Lipinski definition) is 6. The van der Waals surface area contributed by atoms with Crippen LogP contribution in [0.1, 0.15) is 18.5 Å². The van der Waals surface area contributed by atoms with Crippen LogP contribution in [0.3, 0.4) is 0 Å². The molecule has 1 amide bonds. The second-order valence-corrected chi connectivity index (χ2v) is 6.94. The molecule has 146 valence electrons. The highest BCUT2D eigenvalue weighted by Crippen LogP contribution is 2.36. The third-order valence-electron chi connectivity index (χ3n) is 5.41. The number of fused-ring (bicyclic) bond motifs is 1. The van der Waals surface area contributed by atoms with E-state index in [1.54, 1.807) is 6.07 Å². The average Bonchev–Trinajstić information content (AvgIpc) is 3.18. The van der Waals surface area contributed by atoms with E-state index < -0.39 is 16.6 Å². The van der Waals surface area contributed by atoms with Gasteiger partial charge in [0.15, 0.2) is 5.52 Å². The van der Waals surface area contributed by atoms with Gasteiger partial charge in [-0.3, -0.25) is 19.8 Å². The first-order valence-electron chi connectivity index (χ1n) is 9.04. The number of nitro groups is 1. The molecule has 1 aliphatic heterocycles. The van der Waals surface area contributed by atoms with Crippen LogP contribution in [0.5, 0.6) is 0 Å². The first-order chi connectivity index (χ1) is 13.5. The Morgan fingerprint density at radius 3 is 2.75 bits per heavy atom. The number of carboxylic acid groups (broad SMARTS) is 1. The van der Waals surface area contributed by atoms with Crippen molar-refractivity contribution in [1.29, 1.82) is 0 Å². The number of pyridine rings is 2. The molecule has 1 saturated heterocycles. The van der Waals surface area contributed by atoms with E-state index in [0.717, 1.165) is 12.0 Å². The van der Waals surface area contributed by atoms with Gasteiger partial charge in [0.1, 0.15) is 5.69 Å². The van der Waals surface area contributed by atoms with E-state index in [1.165, 1.54) is 17.2 Å². The molecular weight excluding hydrogens is 366 g/mol. The van der Waals surface area contributed by atoms with Crippen molar-refractivity contribution in [1.82, 2.24) is 19.8 Å². The largest absolute Gasteiger partial charge is 0.465 e. The van der Waals surface area contributed by atoms with Crippen molar-refractivity contribution >= 4 is 28.3 Å². The van der Waals surface area contributed by atoms with Gasteiger partial charge in [-0.1, -0.05) is 6.08 Å². The maximum Gasteiger partial charge on any atom is 0.407 e. The molecule has 2 aliphatic rings. The molecule has 0 saturated carbocycles. The molecule has 1 unspecified atom stereocenters. The van der Waals surface area contributed by atoms with Gasteiger partial charge >= 0.3 is 11.8 Å². The number of aromatic amines is 1. The van der Waals surface area contributed by atoms with Crippen molar-refractivity contribution in [2.24, 2.45) is 0 Å². The SMILES string of the molecule is O=C(O)N1CCN(C2C=C(c3[nH]c(=O)c4cccnc4c3[N+](=O)[O-])CC2)CC1. The van der Waals surface area contributed by atoms with Gasteiger partial charge in [-0.25, -0.2) is 9.78 Å². The summed E-state index contributed by atoms with van der Waals surface area (Å²) < 4.78 is 0. The van der Waals surface area contributed by atoms with Crippen molar-refractivity contribution in [3.63, 3.8) is 0 Å². The Bertz CT molecular complexity index is 1040. The fraction of sp³-hybridized carbons (Fsp3) is 0.389. The van der Waals surface area contributed by atoms with Gasteiger partial charge in [0.2, 0.25) is 0 Å². The Labute approximate surface area is 159 Å². The zero-order valence-electron chi connectivity index (χ0n) is 15.0. The van der Waals surface area contributed by atoms with Gasteiger partial charge in [-0.15, -0.1) is 0 Å². The summed E-state index contributed by atoms with van der Waals surface area (Å²) in [4.78, 5) is 45.0. The standard InChI is InChI=1S/C18H19N5O5/c24-17-13-2-1-5-19-15(13)16(23(27)28)14(20-17)11-3-4-12(10-11)21-6-8-22(9-7-21)18(25)26/h1-2,5,10,12H,3-4,6-9H2,(H,20,24)(H,25,26). The first kappa shape index (κ1) is 18.1. The van der Waals surface area contributed by atoms with E-state index in [0.29, 0.717) is 32.6 Å². The molecule has 10 heteroatoms. The van der Waals surface area contributed by atoms with E-state index in [1.807, 2.05) is 6.08 Å². The fourth-order valence-corrected chi connectivity index (χ4v) is 3.99. The molecule has 28 heavy (non-hydrogen) atoms. The fourth-order valence-electron chi connectivity index (χ4n) is 3.99. The highest BCUT2D eigenvalue weighted by Gasteiger charge is 2.31. The molecule has 1 fully saturated rings. The summed E-state index contributed by atoms with van der Waals surface area (Å²) in [6.07, 6.45) is 3.83. The van der Waals surface area contributed by atoms with E-state index in [9.17, 15) is 19.7 Å². The molecule has 2 aromatic rings. The van der Waals surface area contributed by atoms with Crippen LogP contribution in [0.25, 0.3) is 16.5 Å². The van der Waals surface area contributed by atoms with Gasteiger partial charge in [-0.2, -0.15) is 0 Å². The number of rotatable bonds is 3. The van der Waals surface area contributed by atoms with Crippen LogP contribution in [0.4, 0.5) is 10.5 Å². The first-order valence-corrected chi connectivity index (χ1v) is 9.04. The van der Waals surface area contributed by atoms with Gasteiger partial charge in [0, 0.05) is 38.4 Å². The molecular formula is C18H19N5O5. The molecule has 2 N–H and O–H groups in total. The molecule has 0 bridgehead atoms. The van der Waals surface area contributed by atoms with Crippen LogP contribution in [0.15, 0.2) is 29.2 Å². The number of nitrogens with zero attached hydrogens (tertiary/aromatic N) is 4. The van der Waals surface area contributed by atoms with Crippen LogP contribution in [0, 0.1) is 10.1 Å². The predicted molar refractivity (Wildman–Crippen MR) is 101 cm³/mol. The van der Waals surface area contributed by atoms with E-state index in [-0.39, 0.29) is 28.3 Å². The Balaban J connectivity index is 1.67. The highest BCUT2D eigenvalue weighted by molar-refractivity contribution is 5.91. The van der Waals surface area contributed by atoms with Crippen LogP contribution < -0.4 is 5.56 Å². The topological polar surface area (TPSA) is 133 Å². The van der Waals surface area contributed by atoms with Crippen molar-refractivity contribution in [3.8, 4) is 0 Å². The summed E-state index contributed by atoms with van der Waals surface area (Å²) in [7, 11) is 0. The average molecular weight is 385 g/mol. The number of piperazine rings is 1. The minimum atomic E-state index is -0.917. The van der Waals surface area contributed by atoms with E-state index in [4.69, 9.17) is 5.11 Å². The molecule has 0 spiro atoms. The van der Waals surface area contributed by atoms with Gasteiger partial charge in [0.25, 0.3) is 5.56 Å². The smallest absolute Gasteiger partial charge is 0.407 e. The summed E-state index contributed by atoms with van der Waals surface area (Å²) in [6.45, 7) is 2.09. The summed E-state index contributed by atoms with van der Waals surface area (Å²) in [6, 6.07) is 3.15. The summed E-state index contributed by atoms with van der Waals surface area (Å²) in [5.41, 5.74) is 0.446. The molecule has 3 heterocycles. The maximum atomic E-state index is 12.4. The molecule has 0 aromatic carbocycles. The van der Waals surface area contributed by atoms with Crippen molar-refractivity contribution < 1.29 is 14.8 Å². The number of allylic oxidation sites excluding steroid dienone is 1. The number of carbonyl (C=O) groups is 1. The van der Waals surface area contributed by atoms with Crippen molar-refractivity contribution in [2.75, 3.05) is 26.2 Å². The summed E-state index contributed by atoms with van der Waals surface area (Å²) in [5, 5.41) is 21.0. The molecule has 10 nitrogen and oxygen atoms in total. The molecule has 1 aliphatic carbocycles. The number of aromatic nitrogens is 2. The van der Waals surface area contributed by atoms with E-state index in [2.05, 4.69) is 14.9 Å². The lowest BCUT2D eigenvalue weighted by molar-refractivity contribution is -0.383. The molecule has 1 atom stereocenters. The quantitative estimate of drug-likeness (QED) is 0.606. The van der Waals surface area contributed by atoms with Crippen molar-refractivity contribution in [2.45, 2.75) is 18.9 Å². The van der Waals surface area contributed by atoms with Crippen LogP contribution in [-0.4, -0.2) is 68.1 Å². The van der Waals surface area contributed by atoms with Crippen LogP contribution in [-0.2, 0) is 0 Å². The van der Waals surface area contributed by atoms with Crippen LogP contribution >= 0.6 is 0 Å². The van der Waals surface area contributed by atoms with Gasteiger partial charge in [-0.05, 0) is 30.5 Å². The lowest BCUT2D eigenvalue weighted by atomic mass is 10.1. The lowest BCUT2D eigenvalue weighted by Gasteiger charge is -2.36. The Morgan fingerprint density at radius 1 is 1.32 bits per heavy atom. The summed E-state index contributed by atoms with van der Waals surface area (Å²) in [5.74, 6) is 0. The number of amides is 1.